The van der Waals surface area contributed by atoms with Gasteiger partial charge in [-0.05, 0) is 38.8 Å². The summed E-state index contributed by atoms with van der Waals surface area (Å²) in [4.78, 5) is 27.7. The number of methoxy groups -OCH3 is 1. The number of ether oxygens (including phenoxy) is 3. The molecule has 18 heteroatoms. The van der Waals surface area contributed by atoms with Crippen LogP contribution in [0.1, 0.15) is 45.6 Å². The molecule has 232 valence electrons. The Morgan fingerprint density at radius 1 is 1.35 bits per heavy atom. The maximum Gasteiger partial charge on any atom is 0.406 e. The molecule has 0 radical (unpaired) electrons. The third kappa shape index (κ3) is 6.73. The molecule has 3 heterocycles. The highest BCUT2D eigenvalue weighted by molar-refractivity contribution is 7.51. The van der Waals surface area contributed by atoms with Crippen molar-refractivity contribution in [3.8, 4) is 5.88 Å². The Bertz CT molecular complexity index is 1540. The van der Waals surface area contributed by atoms with Gasteiger partial charge in [-0.1, -0.05) is 35.4 Å². The van der Waals surface area contributed by atoms with Crippen LogP contribution in [0.3, 0.4) is 0 Å². The third-order valence-corrected chi connectivity index (χ3v) is 8.62. The van der Waals surface area contributed by atoms with Crippen molar-refractivity contribution in [1.29, 1.82) is 0 Å². The Hall–Kier alpha value is -3.82. The smallest absolute Gasteiger partial charge is 0.406 e. The monoisotopic (exact) mass is 619 g/mol. The molecule has 1 saturated heterocycles. The number of imidazole rings is 1. The Balaban J connectivity index is 1.62. The number of rotatable bonds is 13. The van der Waals surface area contributed by atoms with Crippen LogP contribution in [0.4, 0.5) is 5.95 Å². The highest BCUT2D eigenvalue weighted by Crippen LogP contribution is 2.50. The maximum atomic E-state index is 14.0. The highest BCUT2D eigenvalue weighted by atomic mass is 31.2. The molecule has 7 atom stereocenters. The van der Waals surface area contributed by atoms with Gasteiger partial charge in [0.25, 0.3) is 0 Å². The number of nitrogens with two attached hydrogens (primary N) is 1. The fourth-order valence-electron chi connectivity index (χ4n) is 4.62. The van der Waals surface area contributed by atoms with Crippen LogP contribution in [0, 0.1) is 0 Å². The van der Waals surface area contributed by atoms with Crippen LogP contribution in [-0.2, 0) is 27.9 Å². The molecule has 43 heavy (non-hydrogen) atoms. The number of carbonyl (C=O) groups is 1. The van der Waals surface area contributed by atoms with Gasteiger partial charge in [0.2, 0.25) is 11.8 Å². The van der Waals surface area contributed by atoms with Crippen molar-refractivity contribution in [2.75, 3.05) is 26.1 Å². The number of aliphatic hydroxyl groups excluding tert-OH is 1. The van der Waals surface area contributed by atoms with E-state index in [1.54, 1.807) is 38.1 Å². The number of nitrogen functional groups attached to an aromatic ring is 1. The van der Waals surface area contributed by atoms with Crippen LogP contribution in [0.5, 0.6) is 5.88 Å². The normalized spacial score (nSPS) is 24.6. The number of fused-ring (bicyclic) bond motifs is 1. The van der Waals surface area contributed by atoms with Gasteiger partial charge in [0.1, 0.15) is 17.7 Å². The minimum Gasteiger partial charge on any atom is -0.479 e. The van der Waals surface area contributed by atoms with Gasteiger partial charge < -0.3 is 25.1 Å². The summed E-state index contributed by atoms with van der Waals surface area (Å²) in [6.07, 6.45) is -3.18. The molecule has 17 nitrogen and oxygen atoms in total. The van der Waals surface area contributed by atoms with E-state index >= 15 is 0 Å². The van der Waals surface area contributed by atoms with Crippen molar-refractivity contribution in [2.45, 2.75) is 63.8 Å². The summed E-state index contributed by atoms with van der Waals surface area (Å²) in [5.41, 5.74) is 14.7. The molecule has 0 amide bonds. The van der Waals surface area contributed by atoms with Crippen molar-refractivity contribution < 1.29 is 37.7 Å². The molecule has 1 aliphatic rings. The van der Waals surface area contributed by atoms with Gasteiger partial charge in [0.05, 0.1) is 38.9 Å². The molecule has 1 aromatic carbocycles. The number of anilines is 1. The van der Waals surface area contributed by atoms with Crippen LogP contribution >= 0.6 is 7.75 Å². The number of carbonyl (C=O) groups excluding carboxylic acids is 1. The molecular weight excluding hydrogens is 585 g/mol. The maximum absolute atomic E-state index is 14.0. The quantitative estimate of drug-likeness (QED) is 0.0821. The number of esters is 1. The lowest BCUT2D eigenvalue weighted by Gasteiger charge is -2.28. The van der Waals surface area contributed by atoms with Gasteiger partial charge in [-0.2, -0.15) is 9.97 Å². The van der Waals surface area contributed by atoms with E-state index in [4.69, 9.17) is 29.0 Å². The van der Waals surface area contributed by atoms with Crippen molar-refractivity contribution in [1.82, 2.24) is 24.6 Å². The number of benzene rings is 1. The second kappa shape index (κ2) is 13.2. The SMILES string of the molecule is CCOC(=O)[C@H](C)NP(=O)(OC[C@H]1O[C@@H](n2cnc3c(OC)nc(N)nc32)[C@](C)(N=[N+]=[N-])[C@@H]1O)O[C@H](C)c1ccccc1. The van der Waals surface area contributed by atoms with Gasteiger partial charge in [0, 0.05) is 4.91 Å². The second-order valence-corrected chi connectivity index (χ2v) is 11.6. The molecule has 2 aromatic heterocycles. The average molecular weight is 620 g/mol. The number of hydrogen-bond donors (Lipinski definition) is 3. The minimum absolute atomic E-state index is 0.109. The van der Waals surface area contributed by atoms with E-state index in [0.29, 0.717) is 5.56 Å². The third-order valence-electron chi connectivity index (χ3n) is 6.83. The Kier molecular flexibility index (Phi) is 9.87. The zero-order valence-corrected chi connectivity index (χ0v) is 25.1. The molecule has 0 spiro atoms. The molecule has 0 saturated carbocycles. The van der Waals surface area contributed by atoms with E-state index in [-0.39, 0.29) is 29.6 Å². The molecular formula is C25H34N9O8P. The second-order valence-electron chi connectivity index (χ2n) is 9.86. The van der Waals surface area contributed by atoms with Gasteiger partial charge >= 0.3 is 13.7 Å². The first-order valence-electron chi connectivity index (χ1n) is 13.3. The summed E-state index contributed by atoms with van der Waals surface area (Å²) in [5.74, 6) is -0.667. The van der Waals surface area contributed by atoms with Crippen LogP contribution in [0.2, 0.25) is 0 Å². The van der Waals surface area contributed by atoms with Crippen LogP contribution in [-0.4, -0.2) is 74.7 Å². The summed E-state index contributed by atoms with van der Waals surface area (Å²) in [6, 6.07) is 7.91. The number of hydrogen-bond acceptors (Lipinski definition) is 13. The minimum atomic E-state index is -4.27. The molecule has 1 fully saturated rings. The van der Waals surface area contributed by atoms with Gasteiger partial charge in [-0.3, -0.25) is 18.4 Å². The predicted molar refractivity (Wildman–Crippen MR) is 152 cm³/mol. The Morgan fingerprint density at radius 3 is 2.72 bits per heavy atom. The predicted octanol–water partition coefficient (Wildman–Crippen LogP) is 3.19. The van der Waals surface area contributed by atoms with Crippen LogP contribution in [0.25, 0.3) is 21.6 Å². The molecule has 4 N–H and O–H groups in total. The van der Waals surface area contributed by atoms with Crippen LogP contribution in [0.15, 0.2) is 41.8 Å². The first-order chi connectivity index (χ1) is 20.5. The zero-order chi connectivity index (χ0) is 31.4. The molecule has 0 aliphatic carbocycles. The highest BCUT2D eigenvalue weighted by Gasteiger charge is 2.55. The van der Waals surface area contributed by atoms with Crippen molar-refractivity contribution >= 4 is 30.8 Å². The summed E-state index contributed by atoms with van der Waals surface area (Å²) in [5, 5.41) is 17.8. The number of aromatic nitrogens is 4. The van der Waals surface area contributed by atoms with Crippen molar-refractivity contribution in [2.24, 2.45) is 5.11 Å². The van der Waals surface area contributed by atoms with Crippen molar-refractivity contribution in [3.63, 3.8) is 0 Å². The molecule has 4 rings (SSSR count). The fourth-order valence-corrected chi connectivity index (χ4v) is 6.28. The summed E-state index contributed by atoms with van der Waals surface area (Å²) in [6.45, 7) is 5.86. The van der Waals surface area contributed by atoms with E-state index in [1.807, 2.05) is 6.07 Å². The Labute approximate surface area is 246 Å². The first kappa shape index (κ1) is 32.1. The molecule has 1 unspecified atom stereocenters. The van der Waals surface area contributed by atoms with E-state index < -0.39 is 56.4 Å². The van der Waals surface area contributed by atoms with E-state index in [0.717, 1.165) is 0 Å². The van der Waals surface area contributed by atoms with Gasteiger partial charge in [-0.25, -0.2) is 14.6 Å². The van der Waals surface area contributed by atoms with Crippen molar-refractivity contribution in [3.05, 3.63) is 52.7 Å². The Morgan fingerprint density at radius 2 is 2.07 bits per heavy atom. The lowest BCUT2D eigenvalue weighted by atomic mass is 9.93. The first-order valence-corrected chi connectivity index (χ1v) is 14.9. The van der Waals surface area contributed by atoms with E-state index in [2.05, 4.69) is 30.1 Å². The topological polar surface area (TPSA) is 231 Å². The van der Waals surface area contributed by atoms with Gasteiger partial charge in [0.15, 0.2) is 17.4 Å². The van der Waals surface area contributed by atoms with E-state index in [1.165, 1.54) is 31.9 Å². The number of nitrogens with one attached hydrogen (secondary N) is 1. The number of aliphatic hydroxyl groups is 1. The number of azide groups is 1. The van der Waals surface area contributed by atoms with Gasteiger partial charge in [-0.15, -0.1) is 0 Å². The lowest BCUT2D eigenvalue weighted by Crippen LogP contribution is -2.43. The van der Waals surface area contributed by atoms with E-state index in [9.17, 15) is 20.0 Å². The summed E-state index contributed by atoms with van der Waals surface area (Å²) < 4.78 is 43.4. The molecule has 3 aromatic rings. The molecule has 1 aliphatic heterocycles. The largest absolute Gasteiger partial charge is 0.479 e. The average Bonchev–Trinajstić information content (AvgIpc) is 3.50. The molecule has 0 bridgehead atoms. The number of nitrogens with zero attached hydrogens (tertiary/aromatic N) is 7. The summed E-state index contributed by atoms with van der Waals surface area (Å²) >= 11 is 0. The lowest BCUT2D eigenvalue weighted by molar-refractivity contribution is -0.144. The van der Waals surface area contributed by atoms with Crippen LogP contribution < -0.4 is 15.6 Å². The zero-order valence-electron chi connectivity index (χ0n) is 24.2. The summed E-state index contributed by atoms with van der Waals surface area (Å²) in [7, 11) is -2.87. The standard InChI is InChI=1S/C25H34N9O8P/c1-6-39-22(36)14(2)31-43(37,42-15(3)16-10-8-7-9-11-16)40-12-17-19(35)25(4,32-33-27)23(41-17)34-13-28-18-20(34)29-24(26)30-21(18)38-5/h7-11,13-15,17,19,23,35H,6,12H2,1-5H3,(H,31,37)(H2,26,29,30)/t14-,15+,17+,19+,23+,25+,43?/m0/s1. The fraction of sp³-hybridized carbons (Fsp3) is 0.520.